The van der Waals surface area contributed by atoms with E-state index < -0.39 is 5.97 Å². The van der Waals surface area contributed by atoms with E-state index in [1.807, 2.05) is 0 Å². The first kappa shape index (κ1) is 15.9. The predicted octanol–water partition coefficient (Wildman–Crippen LogP) is 2.48. The topological polar surface area (TPSA) is 87.1 Å². The monoisotopic (exact) mass is 327 g/mol. The van der Waals surface area contributed by atoms with Crippen LogP contribution in [0.2, 0.25) is 0 Å². The van der Waals surface area contributed by atoms with Crippen LogP contribution in [0.4, 0.5) is 5.69 Å². The molecule has 3 rings (SSSR count). The zero-order valence-corrected chi connectivity index (χ0v) is 13.2. The number of anilines is 1. The number of benzene rings is 2. The van der Waals surface area contributed by atoms with E-state index in [2.05, 4.69) is 0 Å². The van der Waals surface area contributed by atoms with Gasteiger partial charge in [0.05, 0.1) is 18.2 Å². The molecule has 124 valence electrons. The number of hydrogen-bond acceptors (Lipinski definition) is 5. The van der Waals surface area contributed by atoms with Gasteiger partial charge in [0.1, 0.15) is 11.5 Å². The van der Waals surface area contributed by atoms with Crippen LogP contribution in [0.15, 0.2) is 36.4 Å². The minimum atomic E-state index is -0.419. The normalized spacial score (nSPS) is 13.3. The highest BCUT2D eigenvalue weighted by Crippen LogP contribution is 2.32. The lowest BCUT2D eigenvalue weighted by Gasteiger charge is -2.30. The van der Waals surface area contributed by atoms with Gasteiger partial charge in [-0.2, -0.15) is 0 Å². The highest BCUT2D eigenvalue weighted by atomic mass is 16.5. The van der Waals surface area contributed by atoms with Crippen LogP contribution >= 0.6 is 0 Å². The summed E-state index contributed by atoms with van der Waals surface area (Å²) < 4.78 is 4.72. The number of phenols is 2. The average molecular weight is 327 g/mol. The van der Waals surface area contributed by atoms with Gasteiger partial charge < -0.3 is 19.8 Å². The molecule has 1 aliphatic heterocycles. The molecule has 1 aliphatic rings. The fourth-order valence-corrected chi connectivity index (χ4v) is 2.90. The van der Waals surface area contributed by atoms with Crippen LogP contribution in [-0.4, -0.2) is 35.7 Å². The van der Waals surface area contributed by atoms with Crippen LogP contribution in [-0.2, 0) is 11.2 Å². The van der Waals surface area contributed by atoms with Gasteiger partial charge in [-0.25, -0.2) is 4.79 Å². The molecule has 0 saturated heterocycles. The molecule has 0 saturated carbocycles. The maximum Gasteiger partial charge on any atom is 0.337 e. The van der Waals surface area contributed by atoms with Crippen molar-refractivity contribution in [3.63, 3.8) is 0 Å². The van der Waals surface area contributed by atoms with Gasteiger partial charge >= 0.3 is 5.97 Å². The first-order valence-electron chi connectivity index (χ1n) is 7.56. The summed E-state index contributed by atoms with van der Waals surface area (Å²) in [5, 5.41) is 19.3. The second-order valence-electron chi connectivity index (χ2n) is 5.60. The van der Waals surface area contributed by atoms with Crippen molar-refractivity contribution in [1.82, 2.24) is 0 Å². The van der Waals surface area contributed by atoms with E-state index in [1.165, 1.54) is 19.2 Å². The highest BCUT2D eigenvalue weighted by Gasteiger charge is 2.26. The Morgan fingerprint density at radius 1 is 1.12 bits per heavy atom. The van der Waals surface area contributed by atoms with Crippen molar-refractivity contribution in [3.8, 4) is 11.5 Å². The van der Waals surface area contributed by atoms with Crippen molar-refractivity contribution in [3.05, 3.63) is 53.1 Å². The van der Waals surface area contributed by atoms with E-state index in [0.29, 0.717) is 17.8 Å². The number of amides is 1. The number of hydrogen-bond donors (Lipinski definition) is 2. The summed E-state index contributed by atoms with van der Waals surface area (Å²) in [6.07, 6.45) is 1.51. The molecule has 2 N–H and O–H groups in total. The van der Waals surface area contributed by atoms with E-state index in [0.717, 1.165) is 24.5 Å². The number of fused-ring (bicyclic) bond motifs is 1. The molecule has 0 aliphatic carbocycles. The summed E-state index contributed by atoms with van der Waals surface area (Å²) >= 11 is 0. The Hall–Kier alpha value is -3.02. The second kappa shape index (κ2) is 6.23. The van der Waals surface area contributed by atoms with Crippen molar-refractivity contribution in [2.24, 2.45) is 0 Å². The fraction of sp³-hybridized carbons (Fsp3) is 0.222. The minimum Gasteiger partial charge on any atom is -0.508 e. The number of phenolic OH excluding ortho intramolecular Hbond substituents is 2. The molecule has 24 heavy (non-hydrogen) atoms. The standard InChI is InChI=1S/C18H17NO5/c1-24-18(23)12-4-7-15-11(9-12)3-2-8-19(15)17(22)14-6-5-13(20)10-16(14)21/h4-7,9-10,20-21H,2-3,8H2,1H3. The first-order valence-corrected chi connectivity index (χ1v) is 7.56. The molecule has 0 bridgehead atoms. The summed E-state index contributed by atoms with van der Waals surface area (Å²) in [7, 11) is 1.32. The lowest BCUT2D eigenvalue weighted by atomic mass is 9.98. The van der Waals surface area contributed by atoms with Crippen LogP contribution in [0.25, 0.3) is 0 Å². The second-order valence-corrected chi connectivity index (χ2v) is 5.60. The van der Waals surface area contributed by atoms with Gasteiger partial charge in [0, 0.05) is 18.3 Å². The van der Waals surface area contributed by atoms with Gasteiger partial charge in [0.2, 0.25) is 0 Å². The summed E-state index contributed by atoms with van der Waals surface area (Å²) in [5.74, 6) is -1.14. The molecule has 1 amide bonds. The predicted molar refractivity (Wildman–Crippen MR) is 87.6 cm³/mol. The molecule has 0 fully saturated rings. The smallest absolute Gasteiger partial charge is 0.337 e. The van der Waals surface area contributed by atoms with Crippen molar-refractivity contribution < 1.29 is 24.5 Å². The van der Waals surface area contributed by atoms with Crippen LogP contribution in [0.3, 0.4) is 0 Å². The maximum atomic E-state index is 12.8. The van der Waals surface area contributed by atoms with Crippen LogP contribution in [0.5, 0.6) is 11.5 Å². The summed E-state index contributed by atoms with van der Waals surface area (Å²) in [4.78, 5) is 26.0. The lowest BCUT2D eigenvalue weighted by Crippen LogP contribution is -2.35. The third kappa shape index (κ3) is 2.78. The Morgan fingerprint density at radius 2 is 1.92 bits per heavy atom. The Kier molecular flexibility index (Phi) is 4.12. The number of nitrogens with zero attached hydrogens (tertiary/aromatic N) is 1. The molecule has 6 heteroatoms. The number of carbonyl (C=O) groups is 2. The van der Waals surface area contributed by atoms with Crippen LogP contribution < -0.4 is 4.90 Å². The van der Waals surface area contributed by atoms with Crippen LogP contribution in [0.1, 0.15) is 32.7 Å². The van der Waals surface area contributed by atoms with E-state index in [4.69, 9.17) is 4.74 Å². The van der Waals surface area contributed by atoms with E-state index >= 15 is 0 Å². The third-order valence-corrected chi connectivity index (χ3v) is 4.08. The Labute approximate surface area is 138 Å². The van der Waals surface area contributed by atoms with Gasteiger partial charge in [-0.05, 0) is 48.7 Å². The van der Waals surface area contributed by atoms with Crippen molar-refractivity contribution in [2.45, 2.75) is 12.8 Å². The maximum absolute atomic E-state index is 12.8. The number of rotatable bonds is 2. The largest absolute Gasteiger partial charge is 0.508 e. The highest BCUT2D eigenvalue weighted by molar-refractivity contribution is 6.08. The molecular formula is C18H17NO5. The molecule has 0 atom stereocenters. The Bertz CT molecular complexity index is 815. The number of ether oxygens (including phenoxy) is 1. The molecule has 2 aromatic carbocycles. The van der Waals surface area contributed by atoms with E-state index in [-0.39, 0.29) is 23.0 Å². The van der Waals surface area contributed by atoms with Gasteiger partial charge in [-0.15, -0.1) is 0 Å². The molecule has 0 aromatic heterocycles. The van der Waals surface area contributed by atoms with Gasteiger partial charge in [-0.3, -0.25) is 4.79 Å². The first-order chi connectivity index (χ1) is 11.5. The molecular weight excluding hydrogens is 310 g/mol. The number of esters is 1. The summed E-state index contributed by atoms with van der Waals surface area (Å²) in [6, 6.07) is 8.96. The lowest BCUT2D eigenvalue weighted by molar-refractivity contribution is 0.0600. The summed E-state index contributed by atoms with van der Waals surface area (Å²) in [6.45, 7) is 0.518. The molecule has 0 unspecified atom stereocenters. The minimum absolute atomic E-state index is 0.106. The quantitative estimate of drug-likeness (QED) is 0.828. The Morgan fingerprint density at radius 3 is 2.62 bits per heavy atom. The molecule has 0 spiro atoms. The molecule has 1 heterocycles. The van der Waals surface area contributed by atoms with Crippen molar-refractivity contribution in [1.29, 1.82) is 0 Å². The number of aryl methyl sites for hydroxylation is 1. The van der Waals surface area contributed by atoms with Crippen molar-refractivity contribution >= 4 is 17.6 Å². The fourth-order valence-electron chi connectivity index (χ4n) is 2.90. The van der Waals surface area contributed by atoms with Gasteiger partial charge in [-0.1, -0.05) is 0 Å². The molecule has 0 radical (unpaired) electrons. The van der Waals surface area contributed by atoms with Crippen LogP contribution in [0, 0.1) is 0 Å². The zero-order valence-electron chi connectivity index (χ0n) is 13.2. The SMILES string of the molecule is COC(=O)c1ccc2c(c1)CCCN2C(=O)c1ccc(O)cc1O. The van der Waals surface area contributed by atoms with Gasteiger partial charge in [0.25, 0.3) is 5.91 Å². The zero-order chi connectivity index (χ0) is 17.3. The average Bonchev–Trinajstić information content (AvgIpc) is 2.59. The number of aromatic hydroxyl groups is 2. The van der Waals surface area contributed by atoms with E-state index in [1.54, 1.807) is 23.1 Å². The number of methoxy groups -OCH3 is 1. The molecule has 6 nitrogen and oxygen atoms in total. The number of carbonyl (C=O) groups excluding carboxylic acids is 2. The molecule has 2 aromatic rings. The van der Waals surface area contributed by atoms with Crippen molar-refractivity contribution in [2.75, 3.05) is 18.6 Å². The Balaban J connectivity index is 1.97. The van der Waals surface area contributed by atoms with Gasteiger partial charge in [0.15, 0.2) is 0 Å². The van der Waals surface area contributed by atoms with E-state index in [9.17, 15) is 19.8 Å². The third-order valence-electron chi connectivity index (χ3n) is 4.08. The summed E-state index contributed by atoms with van der Waals surface area (Å²) in [5.41, 5.74) is 2.16.